The normalized spacial score (nSPS) is 21.9. The lowest BCUT2D eigenvalue weighted by Gasteiger charge is -2.41. The Labute approximate surface area is 175 Å². The first kappa shape index (κ1) is 21.6. The van der Waals surface area contributed by atoms with E-state index in [2.05, 4.69) is 6.58 Å². The highest BCUT2D eigenvalue weighted by Crippen LogP contribution is 2.45. The van der Waals surface area contributed by atoms with E-state index in [0.717, 1.165) is 0 Å². The number of methoxy groups -OCH3 is 2. The van der Waals surface area contributed by atoms with Gasteiger partial charge in [0.2, 0.25) is 6.79 Å². The summed E-state index contributed by atoms with van der Waals surface area (Å²) in [5.41, 5.74) is 0.119. The van der Waals surface area contributed by atoms with Gasteiger partial charge in [-0.15, -0.1) is 6.58 Å². The Bertz CT molecular complexity index is 914. The summed E-state index contributed by atoms with van der Waals surface area (Å²) in [5.74, 6) is 0.481. The average Bonchev–Trinajstić information content (AvgIpc) is 3.20. The van der Waals surface area contributed by atoms with Gasteiger partial charge >= 0.3 is 5.97 Å². The molecule has 1 heterocycles. The number of carbonyl (C=O) groups is 2. The van der Waals surface area contributed by atoms with Gasteiger partial charge in [0.1, 0.15) is 17.5 Å². The van der Waals surface area contributed by atoms with Gasteiger partial charge in [-0.25, -0.2) is 0 Å². The van der Waals surface area contributed by atoms with Gasteiger partial charge in [-0.2, -0.15) is 0 Å². The first-order valence-corrected chi connectivity index (χ1v) is 9.61. The molecule has 0 unspecified atom stereocenters. The molecule has 7 nitrogen and oxygen atoms in total. The van der Waals surface area contributed by atoms with Crippen molar-refractivity contribution in [2.45, 2.75) is 32.0 Å². The number of benzene rings is 1. The van der Waals surface area contributed by atoms with Crippen LogP contribution in [0.1, 0.15) is 31.9 Å². The summed E-state index contributed by atoms with van der Waals surface area (Å²) in [6, 6.07) is 5.38. The zero-order valence-electron chi connectivity index (χ0n) is 17.6. The summed E-state index contributed by atoms with van der Waals surface area (Å²) in [4.78, 5) is 24.4. The molecular weight excluding hydrogens is 388 g/mol. The third-order valence-corrected chi connectivity index (χ3v) is 5.42. The molecule has 7 heteroatoms. The Hall–Kier alpha value is -3.06. The van der Waals surface area contributed by atoms with Gasteiger partial charge < -0.3 is 23.7 Å². The topological polar surface area (TPSA) is 80.3 Å². The predicted octanol–water partition coefficient (Wildman–Crippen LogP) is 3.66. The van der Waals surface area contributed by atoms with E-state index in [1.807, 2.05) is 13.0 Å². The summed E-state index contributed by atoms with van der Waals surface area (Å²) < 4.78 is 28.1. The van der Waals surface area contributed by atoms with Crippen LogP contribution >= 0.6 is 0 Å². The number of carbonyl (C=O) groups excluding carboxylic acids is 2. The van der Waals surface area contributed by atoms with E-state index in [1.54, 1.807) is 24.3 Å². The molecule has 0 aromatic heterocycles. The summed E-state index contributed by atoms with van der Waals surface area (Å²) in [6.45, 7) is 7.09. The van der Waals surface area contributed by atoms with Crippen LogP contribution in [0.15, 0.2) is 54.3 Å². The lowest BCUT2D eigenvalue weighted by atomic mass is 9.75. The van der Waals surface area contributed by atoms with Crippen LogP contribution in [0.25, 0.3) is 0 Å². The number of fused-ring (bicyclic) bond motifs is 1. The standard InChI is InChI=1S/C23H26O7/c1-6-7-17-12-23(27-5,21(26-4)11-18(17)25)14(2)22(30-15(3)24)16-8-9-19-20(10-16)29-13-28-19/h6,8-12,14,22H,1,7,13H2,2-5H3/t14-,22-,23-/m1/s1. The number of allylic oxidation sites excluding steroid dienone is 3. The first-order valence-electron chi connectivity index (χ1n) is 9.61. The van der Waals surface area contributed by atoms with Gasteiger partial charge in [0.25, 0.3) is 0 Å². The molecule has 0 bridgehead atoms. The van der Waals surface area contributed by atoms with Gasteiger partial charge in [-0.05, 0) is 30.2 Å². The molecule has 0 N–H and O–H groups in total. The van der Waals surface area contributed by atoms with E-state index in [4.69, 9.17) is 23.7 Å². The maximum atomic E-state index is 12.5. The highest BCUT2D eigenvalue weighted by molar-refractivity contribution is 6.06. The maximum absolute atomic E-state index is 12.5. The lowest BCUT2D eigenvalue weighted by molar-refractivity contribution is -0.155. The molecule has 2 aliphatic rings. The highest BCUT2D eigenvalue weighted by atomic mass is 16.7. The average molecular weight is 414 g/mol. The molecule has 1 aromatic carbocycles. The Morgan fingerprint density at radius 2 is 2.03 bits per heavy atom. The van der Waals surface area contributed by atoms with Crippen LogP contribution in [0, 0.1) is 5.92 Å². The van der Waals surface area contributed by atoms with Crippen molar-refractivity contribution in [3.05, 3.63) is 59.9 Å². The molecule has 0 saturated heterocycles. The molecule has 3 rings (SSSR count). The number of rotatable bonds is 8. The molecule has 0 amide bonds. The van der Waals surface area contributed by atoms with E-state index in [9.17, 15) is 9.59 Å². The minimum Gasteiger partial charge on any atom is -0.498 e. The van der Waals surface area contributed by atoms with Crippen LogP contribution < -0.4 is 9.47 Å². The molecule has 1 aliphatic carbocycles. The monoisotopic (exact) mass is 414 g/mol. The zero-order chi connectivity index (χ0) is 21.9. The highest BCUT2D eigenvalue weighted by Gasteiger charge is 2.48. The molecule has 1 aliphatic heterocycles. The van der Waals surface area contributed by atoms with Gasteiger partial charge in [0.15, 0.2) is 17.3 Å². The van der Waals surface area contributed by atoms with Crippen LogP contribution in [0.3, 0.4) is 0 Å². The van der Waals surface area contributed by atoms with Crippen LogP contribution in [0.2, 0.25) is 0 Å². The largest absolute Gasteiger partial charge is 0.498 e. The van der Waals surface area contributed by atoms with Crippen molar-refractivity contribution in [1.82, 2.24) is 0 Å². The number of ether oxygens (including phenoxy) is 5. The molecule has 0 saturated carbocycles. The molecule has 0 radical (unpaired) electrons. The van der Waals surface area contributed by atoms with Crippen molar-refractivity contribution in [1.29, 1.82) is 0 Å². The van der Waals surface area contributed by atoms with Crippen LogP contribution in [-0.2, 0) is 23.8 Å². The fraction of sp³-hybridized carbons (Fsp3) is 0.391. The minimum atomic E-state index is -1.13. The number of hydrogen-bond donors (Lipinski definition) is 0. The second kappa shape index (κ2) is 8.75. The number of ketones is 1. The lowest BCUT2D eigenvalue weighted by Crippen LogP contribution is -2.45. The van der Waals surface area contributed by atoms with Gasteiger partial charge in [0.05, 0.1) is 7.11 Å². The fourth-order valence-electron chi connectivity index (χ4n) is 3.91. The third kappa shape index (κ3) is 3.85. The van der Waals surface area contributed by atoms with Crippen LogP contribution in [-0.4, -0.2) is 38.4 Å². The minimum absolute atomic E-state index is 0.140. The van der Waals surface area contributed by atoms with Gasteiger partial charge in [-0.1, -0.05) is 19.1 Å². The SMILES string of the molecule is C=CCC1=C[C@@](OC)([C@H](C)[C@@H](OC(C)=O)c2ccc3c(c2)OCO3)C(OC)=CC1=O. The van der Waals surface area contributed by atoms with Crippen molar-refractivity contribution in [2.75, 3.05) is 21.0 Å². The zero-order valence-corrected chi connectivity index (χ0v) is 17.6. The molecule has 0 fully saturated rings. The summed E-state index contributed by atoms with van der Waals surface area (Å²) in [6.07, 6.45) is 4.49. The quantitative estimate of drug-likeness (QED) is 0.474. The smallest absolute Gasteiger partial charge is 0.303 e. The van der Waals surface area contributed by atoms with Gasteiger partial charge in [-0.3, -0.25) is 9.59 Å². The molecule has 160 valence electrons. The van der Waals surface area contributed by atoms with E-state index < -0.39 is 23.6 Å². The van der Waals surface area contributed by atoms with Crippen molar-refractivity contribution >= 4 is 11.8 Å². The van der Waals surface area contributed by atoms with E-state index in [-0.39, 0.29) is 12.6 Å². The van der Waals surface area contributed by atoms with Crippen molar-refractivity contribution in [3.63, 3.8) is 0 Å². The third-order valence-electron chi connectivity index (χ3n) is 5.42. The van der Waals surface area contributed by atoms with Gasteiger partial charge in [0, 0.05) is 31.6 Å². The fourth-order valence-corrected chi connectivity index (χ4v) is 3.91. The Morgan fingerprint density at radius 1 is 1.30 bits per heavy atom. The Kier molecular flexibility index (Phi) is 6.31. The summed E-state index contributed by atoms with van der Waals surface area (Å²) in [7, 11) is 3.01. The predicted molar refractivity (Wildman–Crippen MR) is 109 cm³/mol. The number of hydrogen-bond acceptors (Lipinski definition) is 7. The molecule has 0 spiro atoms. The Morgan fingerprint density at radius 3 is 2.67 bits per heavy atom. The molecular formula is C23H26O7. The van der Waals surface area contributed by atoms with E-state index >= 15 is 0 Å². The van der Waals surface area contributed by atoms with Crippen molar-refractivity contribution in [2.24, 2.45) is 5.92 Å². The number of esters is 1. The van der Waals surface area contributed by atoms with E-state index in [0.29, 0.717) is 34.8 Å². The van der Waals surface area contributed by atoms with Crippen molar-refractivity contribution in [3.8, 4) is 11.5 Å². The second-order valence-electron chi connectivity index (χ2n) is 7.17. The Balaban J connectivity index is 2.09. The van der Waals surface area contributed by atoms with Crippen LogP contribution in [0.5, 0.6) is 11.5 Å². The maximum Gasteiger partial charge on any atom is 0.303 e. The summed E-state index contributed by atoms with van der Waals surface area (Å²) in [5, 5.41) is 0. The van der Waals surface area contributed by atoms with Crippen molar-refractivity contribution < 1.29 is 33.3 Å². The van der Waals surface area contributed by atoms with E-state index in [1.165, 1.54) is 27.2 Å². The summed E-state index contributed by atoms with van der Waals surface area (Å²) >= 11 is 0. The second-order valence-corrected chi connectivity index (χ2v) is 7.17. The molecule has 30 heavy (non-hydrogen) atoms. The molecule has 3 atom stereocenters. The van der Waals surface area contributed by atoms with Crippen LogP contribution in [0.4, 0.5) is 0 Å². The molecule has 1 aromatic rings. The first-order chi connectivity index (χ1) is 14.4.